The Bertz CT molecular complexity index is 633. The molecule has 0 radical (unpaired) electrons. The lowest BCUT2D eigenvalue weighted by Gasteiger charge is -2.50. The first kappa shape index (κ1) is 25.1. The van der Waals surface area contributed by atoms with Crippen LogP contribution in [0.2, 0.25) is 0 Å². The lowest BCUT2D eigenvalue weighted by molar-refractivity contribution is 0.0573. The molecule has 0 heterocycles. The molecule has 3 saturated carbocycles. The van der Waals surface area contributed by atoms with Gasteiger partial charge in [-0.05, 0) is 98.7 Å². The number of allylic oxidation sites excluding steroid dienone is 1. The predicted molar refractivity (Wildman–Crippen MR) is 134 cm³/mol. The Balaban J connectivity index is 1.75. The minimum absolute atomic E-state index is 0.188. The Morgan fingerprint density at radius 1 is 1.06 bits per heavy atom. The highest BCUT2D eigenvalue weighted by molar-refractivity contribution is 5.56. The third kappa shape index (κ3) is 4.88. The predicted octanol–water partition coefficient (Wildman–Crippen LogP) is 9.18. The quantitative estimate of drug-likeness (QED) is 0.252. The molecule has 3 rings (SSSR count). The molecule has 31 heavy (non-hydrogen) atoms. The summed E-state index contributed by atoms with van der Waals surface area (Å²) in [6.45, 7) is 14.4. The first-order valence-corrected chi connectivity index (χ1v) is 14.1. The Kier molecular flexibility index (Phi) is 8.22. The van der Waals surface area contributed by atoms with Gasteiger partial charge in [-0.3, -0.25) is 0 Å². The van der Waals surface area contributed by atoms with E-state index in [-0.39, 0.29) is 5.41 Å². The summed E-state index contributed by atoms with van der Waals surface area (Å²) < 4.78 is 0. The van der Waals surface area contributed by atoms with Gasteiger partial charge in [-0.1, -0.05) is 73.6 Å². The van der Waals surface area contributed by atoms with Crippen LogP contribution in [-0.2, 0) is 4.79 Å². The molecular weight excluding hydrogens is 376 g/mol. The monoisotopic (exact) mass is 428 g/mol. The molecule has 0 aromatic carbocycles. The molecule has 6 atom stereocenters. The molecule has 178 valence electrons. The van der Waals surface area contributed by atoms with E-state index >= 15 is 0 Å². The Morgan fingerprint density at radius 3 is 2.23 bits per heavy atom. The van der Waals surface area contributed by atoms with Gasteiger partial charge in [-0.25, -0.2) is 4.79 Å². The standard InChI is InChI=1S/C30H52O/c1-7-23(20-29-17-12-13-26(29)21-29)24(19-28(6,9-3)10-4)14-15-27(22-31)30(11-5)18-16-25(30)8-2/h23-26H,7-21H2,1-6H3. The maximum absolute atomic E-state index is 12.2. The summed E-state index contributed by atoms with van der Waals surface area (Å²) in [4.78, 5) is 12.2. The zero-order valence-electron chi connectivity index (χ0n) is 21.8. The minimum atomic E-state index is 0.188. The van der Waals surface area contributed by atoms with Crippen LogP contribution in [-0.4, -0.2) is 5.94 Å². The van der Waals surface area contributed by atoms with Crippen molar-refractivity contribution in [3.63, 3.8) is 0 Å². The van der Waals surface area contributed by atoms with Crippen molar-refractivity contribution >= 4 is 5.94 Å². The van der Waals surface area contributed by atoms with E-state index in [0.29, 0.717) is 5.41 Å². The third-order valence-electron chi connectivity index (χ3n) is 11.2. The second kappa shape index (κ2) is 10.2. The van der Waals surface area contributed by atoms with Gasteiger partial charge in [0.2, 0.25) is 0 Å². The Hall–Kier alpha value is -0.550. The molecule has 0 amide bonds. The second-order valence-corrected chi connectivity index (χ2v) is 12.3. The van der Waals surface area contributed by atoms with Crippen LogP contribution >= 0.6 is 0 Å². The number of fused-ring (bicyclic) bond motifs is 1. The van der Waals surface area contributed by atoms with Crippen molar-refractivity contribution < 1.29 is 4.79 Å². The number of hydrogen-bond donors (Lipinski definition) is 0. The SMILES string of the molecule is CCC(CC12CCCC1C2)C(CCC(=C=O)C1(CC)CCC1CC)CC(C)(CC)CC. The second-order valence-electron chi connectivity index (χ2n) is 12.3. The molecule has 0 bridgehead atoms. The molecule has 0 saturated heterocycles. The van der Waals surface area contributed by atoms with E-state index in [4.69, 9.17) is 0 Å². The van der Waals surface area contributed by atoms with E-state index in [1.807, 2.05) is 0 Å². The fourth-order valence-electron chi connectivity index (χ4n) is 8.14. The van der Waals surface area contributed by atoms with Crippen molar-refractivity contribution in [2.24, 2.45) is 39.9 Å². The van der Waals surface area contributed by atoms with Gasteiger partial charge in [-0.15, -0.1) is 0 Å². The molecule has 3 aliphatic carbocycles. The number of rotatable bonds is 14. The highest BCUT2D eigenvalue weighted by atomic mass is 16.1. The maximum atomic E-state index is 12.2. The van der Waals surface area contributed by atoms with Crippen molar-refractivity contribution in [3.8, 4) is 0 Å². The molecule has 0 aliphatic heterocycles. The lowest BCUT2D eigenvalue weighted by Crippen LogP contribution is -2.41. The molecule has 1 nitrogen and oxygen atoms in total. The lowest BCUT2D eigenvalue weighted by atomic mass is 9.53. The fraction of sp³-hybridized carbons (Fsp3) is 0.933. The summed E-state index contributed by atoms with van der Waals surface area (Å²) in [5, 5.41) is 0. The van der Waals surface area contributed by atoms with Gasteiger partial charge >= 0.3 is 0 Å². The minimum Gasteiger partial charge on any atom is -0.234 e. The number of hydrogen-bond acceptors (Lipinski definition) is 1. The van der Waals surface area contributed by atoms with E-state index in [2.05, 4.69) is 47.5 Å². The smallest absolute Gasteiger partial charge is 0.124 e. The van der Waals surface area contributed by atoms with Gasteiger partial charge in [0.25, 0.3) is 0 Å². The van der Waals surface area contributed by atoms with Gasteiger partial charge in [0.15, 0.2) is 0 Å². The van der Waals surface area contributed by atoms with E-state index in [1.165, 1.54) is 83.5 Å². The molecular formula is C30H52O. The van der Waals surface area contributed by atoms with Gasteiger partial charge < -0.3 is 0 Å². The van der Waals surface area contributed by atoms with Gasteiger partial charge in [0.05, 0.1) is 0 Å². The summed E-state index contributed by atoms with van der Waals surface area (Å²) in [5.41, 5.74) is 2.52. The maximum Gasteiger partial charge on any atom is 0.124 e. The highest BCUT2D eigenvalue weighted by Crippen LogP contribution is 2.67. The van der Waals surface area contributed by atoms with Crippen molar-refractivity contribution in [1.29, 1.82) is 0 Å². The molecule has 0 N–H and O–H groups in total. The first-order valence-electron chi connectivity index (χ1n) is 14.1. The summed E-state index contributed by atoms with van der Waals surface area (Å²) in [7, 11) is 0. The van der Waals surface area contributed by atoms with Gasteiger partial charge in [0.1, 0.15) is 5.94 Å². The average molecular weight is 429 g/mol. The molecule has 1 heteroatoms. The van der Waals surface area contributed by atoms with Crippen LogP contribution in [0.4, 0.5) is 0 Å². The van der Waals surface area contributed by atoms with Gasteiger partial charge in [0, 0.05) is 11.0 Å². The van der Waals surface area contributed by atoms with E-state index in [0.717, 1.165) is 47.5 Å². The van der Waals surface area contributed by atoms with E-state index in [1.54, 1.807) is 0 Å². The topological polar surface area (TPSA) is 17.1 Å². The van der Waals surface area contributed by atoms with Crippen LogP contribution in [0.1, 0.15) is 138 Å². The summed E-state index contributed by atoms with van der Waals surface area (Å²) >= 11 is 0. The van der Waals surface area contributed by atoms with Crippen LogP contribution in [0.5, 0.6) is 0 Å². The van der Waals surface area contributed by atoms with Crippen LogP contribution in [0.25, 0.3) is 0 Å². The summed E-state index contributed by atoms with van der Waals surface area (Å²) in [6, 6.07) is 0. The molecule has 0 spiro atoms. The van der Waals surface area contributed by atoms with E-state index in [9.17, 15) is 4.79 Å². The van der Waals surface area contributed by atoms with Crippen molar-refractivity contribution in [1.82, 2.24) is 0 Å². The van der Waals surface area contributed by atoms with Crippen LogP contribution in [0.15, 0.2) is 5.57 Å². The van der Waals surface area contributed by atoms with E-state index < -0.39 is 0 Å². The highest BCUT2D eigenvalue weighted by Gasteiger charge is 2.57. The zero-order chi connectivity index (χ0) is 22.7. The fourth-order valence-corrected chi connectivity index (χ4v) is 8.14. The molecule has 3 fully saturated rings. The van der Waals surface area contributed by atoms with Crippen LogP contribution in [0, 0.1) is 39.9 Å². The molecule has 3 aliphatic rings. The summed E-state index contributed by atoms with van der Waals surface area (Å²) in [6.07, 6.45) is 19.8. The van der Waals surface area contributed by atoms with Crippen LogP contribution in [0.3, 0.4) is 0 Å². The summed E-state index contributed by atoms with van der Waals surface area (Å²) in [5.74, 6) is 5.90. The average Bonchev–Trinajstić information content (AvgIpc) is 3.31. The largest absolute Gasteiger partial charge is 0.234 e. The zero-order valence-corrected chi connectivity index (χ0v) is 21.8. The van der Waals surface area contributed by atoms with Crippen molar-refractivity contribution in [3.05, 3.63) is 5.57 Å². The molecule has 0 aromatic rings. The van der Waals surface area contributed by atoms with Crippen molar-refractivity contribution in [2.75, 3.05) is 0 Å². The van der Waals surface area contributed by atoms with Crippen molar-refractivity contribution in [2.45, 2.75) is 138 Å². The Labute approximate surface area is 194 Å². The molecule has 0 aromatic heterocycles. The molecule has 6 unspecified atom stereocenters. The number of carbonyl (C=O) groups excluding carboxylic acids is 1. The third-order valence-corrected chi connectivity index (χ3v) is 11.2. The normalized spacial score (nSPS) is 33.9. The first-order chi connectivity index (χ1) is 14.9. The van der Waals surface area contributed by atoms with Crippen LogP contribution < -0.4 is 0 Å². The van der Waals surface area contributed by atoms with Gasteiger partial charge in [-0.2, -0.15) is 0 Å². The Morgan fingerprint density at radius 2 is 1.81 bits per heavy atom.